The molecule has 0 saturated heterocycles. The number of hydrogen-bond acceptors (Lipinski definition) is 5. The van der Waals surface area contributed by atoms with Crippen molar-refractivity contribution in [3.63, 3.8) is 0 Å². The van der Waals surface area contributed by atoms with Crippen LogP contribution in [0.1, 0.15) is 49.6 Å². The molecule has 0 aliphatic heterocycles. The van der Waals surface area contributed by atoms with Crippen LogP contribution >= 0.6 is 34.2 Å². The van der Waals surface area contributed by atoms with E-state index in [1.54, 1.807) is 10.9 Å². The van der Waals surface area contributed by atoms with E-state index in [9.17, 15) is 5.11 Å². The van der Waals surface area contributed by atoms with Crippen LogP contribution in [0, 0.1) is 9.49 Å². The maximum Gasteiger partial charge on any atom is 0.132 e. The zero-order valence-electron chi connectivity index (χ0n) is 19.9. The Balaban J connectivity index is 1.59. The van der Waals surface area contributed by atoms with Gasteiger partial charge in [0.15, 0.2) is 0 Å². The highest BCUT2D eigenvalue weighted by Crippen LogP contribution is 2.35. The van der Waals surface area contributed by atoms with Crippen LogP contribution in [-0.4, -0.2) is 43.8 Å². The zero-order chi connectivity index (χ0) is 24.7. The smallest absolute Gasteiger partial charge is 0.132 e. The fraction of sp³-hybridized carbons (Fsp3) is 0.462. The maximum absolute atomic E-state index is 10.3. The van der Waals surface area contributed by atoms with Crippen molar-refractivity contribution in [3.05, 3.63) is 74.6 Å². The molecule has 3 rings (SSSR count). The summed E-state index contributed by atoms with van der Waals surface area (Å²) in [5.74, 6) is 1.80. The molecule has 0 bridgehead atoms. The van der Waals surface area contributed by atoms with E-state index in [1.165, 1.54) is 16.7 Å². The van der Waals surface area contributed by atoms with Crippen molar-refractivity contribution >= 4 is 34.2 Å². The Hall–Kier alpha value is -1.68. The Morgan fingerprint density at radius 3 is 2.47 bits per heavy atom. The number of hydrogen-bond donors (Lipinski definition) is 2. The third-order valence-corrected chi connectivity index (χ3v) is 7.40. The minimum Gasteiger partial charge on any atom is -0.492 e. The van der Waals surface area contributed by atoms with Gasteiger partial charge in [-0.1, -0.05) is 56.3 Å². The Kier molecular flexibility index (Phi) is 9.76. The summed E-state index contributed by atoms with van der Waals surface area (Å²) in [5, 5.41) is 27.2. The Labute approximate surface area is 220 Å². The first-order valence-electron chi connectivity index (χ1n) is 11.5. The SMILES string of the molecule is C[C@@H](CCl)COc1ccc(C(C)(C)c2ccc(CC[C@H](O)Cn3cc(CO)nn3)cc2)cc1[123I]. The van der Waals surface area contributed by atoms with Crippen LogP contribution in [0.4, 0.5) is 0 Å². The molecule has 184 valence electrons. The van der Waals surface area contributed by atoms with E-state index in [0.717, 1.165) is 15.7 Å². The lowest BCUT2D eigenvalue weighted by Gasteiger charge is -2.27. The van der Waals surface area contributed by atoms with Crippen LogP contribution in [0.3, 0.4) is 0 Å². The molecule has 2 N–H and O–H groups in total. The normalized spacial score (nSPS) is 13.6. The number of rotatable bonds is 12. The molecular formula is C26H33ClIN3O3. The Bertz CT molecular complexity index is 1060. The second kappa shape index (κ2) is 12.3. The number of halogens is 2. The highest BCUT2D eigenvalue weighted by molar-refractivity contribution is 14.1. The fourth-order valence-corrected chi connectivity index (χ4v) is 4.44. The fourth-order valence-electron chi connectivity index (χ4n) is 3.68. The summed E-state index contributed by atoms with van der Waals surface area (Å²) in [4.78, 5) is 0. The summed E-state index contributed by atoms with van der Waals surface area (Å²) in [6.07, 6.45) is 2.52. The highest BCUT2D eigenvalue weighted by Gasteiger charge is 2.24. The standard InChI is InChI=1S/C26H33ClIN3O3/c1-18(13-27)17-34-25-11-9-21(12-24(25)28)26(2,3)20-7-4-19(5-8-20)6-10-23(33)15-31-14-22(16-32)29-30-31/h4-5,7-9,11-12,14,18,23,32-33H,6,10,13,15-17H2,1-3H3/t18-,23-/m0/s1/i28-4. The predicted octanol–water partition coefficient (Wildman–Crippen LogP) is 4.95. The summed E-state index contributed by atoms with van der Waals surface area (Å²) >= 11 is 8.22. The van der Waals surface area contributed by atoms with E-state index >= 15 is 0 Å². The number of alkyl halides is 1. The molecule has 1 aromatic heterocycles. The largest absolute Gasteiger partial charge is 0.492 e. The third-order valence-electron chi connectivity index (χ3n) is 6.03. The number of aryl methyl sites for hydroxylation is 1. The van der Waals surface area contributed by atoms with Crippen LogP contribution in [0.5, 0.6) is 5.75 Å². The molecule has 34 heavy (non-hydrogen) atoms. The molecule has 0 saturated carbocycles. The Morgan fingerprint density at radius 2 is 1.85 bits per heavy atom. The van der Waals surface area contributed by atoms with Gasteiger partial charge in [-0.15, -0.1) is 16.7 Å². The molecule has 2 aromatic carbocycles. The lowest BCUT2D eigenvalue weighted by molar-refractivity contribution is 0.139. The first kappa shape index (κ1) is 26.9. The van der Waals surface area contributed by atoms with Gasteiger partial charge in [-0.2, -0.15) is 0 Å². The van der Waals surface area contributed by atoms with E-state index in [2.05, 4.69) is 90.1 Å². The number of nitrogens with zero attached hydrogens (tertiary/aromatic N) is 3. The van der Waals surface area contributed by atoms with E-state index < -0.39 is 6.10 Å². The van der Waals surface area contributed by atoms with Crippen molar-refractivity contribution in [2.45, 2.75) is 58.3 Å². The van der Waals surface area contributed by atoms with Gasteiger partial charge in [0.2, 0.25) is 0 Å². The summed E-state index contributed by atoms with van der Waals surface area (Å²) in [6.45, 7) is 7.36. The van der Waals surface area contributed by atoms with E-state index in [0.29, 0.717) is 37.1 Å². The van der Waals surface area contributed by atoms with Crippen molar-refractivity contribution in [3.8, 4) is 5.75 Å². The molecule has 0 radical (unpaired) electrons. The molecule has 2 atom stereocenters. The second-order valence-corrected chi connectivity index (χ2v) is 10.8. The van der Waals surface area contributed by atoms with E-state index in [4.69, 9.17) is 21.4 Å². The second-order valence-electron chi connectivity index (χ2n) is 9.32. The van der Waals surface area contributed by atoms with Gasteiger partial charge in [-0.3, -0.25) is 0 Å². The summed E-state index contributed by atoms with van der Waals surface area (Å²) in [6, 6.07) is 15.0. The van der Waals surface area contributed by atoms with Gasteiger partial charge in [-0.05, 0) is 64.3 Å². The number of aliphatic hydroxyl groups is 2. The van der Waals surface area contributed by atoms with Crippen molar-refractivity contribution in [1.82, 2.24) is 15.0 Å². The van der Waals surface area contributed by atoms with Gasteiger partial charge in [0.25, 0.3) is 0 Å². The van der Waals surface area contributed by atoms with Gasteiger partial charge in [-0.25, -0.2) is 4.68 Å². The monoisotopic (exact) mass is 593 g/mol. The topological polar surface area (TPSA) is 80.4 Å². The highest BCUT2D eigenvalue weighted by atomic mass is 123. The zero-order valence-corrected chi connectivity index (χ0v) is 22.8. The molecular weight excluding hydrogens is 561 g/mol. The molecule has 0 amide bonds. The number of aromatic nitrogens is 3. The number of benzene rings is 2. The average molecular weight is 594 g/mol. The average Bonchev–Trinajstić information content (AvgIpc) is 3.29. The van der Waals surface area contributed by atoms with Gasteiger partial charge >= 0.3 is 0 Å². The van der Waals surface area contributed by atoms with Gasteiger partial charge < -0.3 is 14.9 Å². The molecule has 0 unspecified atom stereocenters. The number of aliphatic hydroxyl groups excluding tert-OH is 2. The molecule has 0 aliphatic carbocycles. The third kappa shape index (κ3) is 7.16. The van der Waals surface area contributed by atoms with Crippen molar-refractivity contribution in [1.29, 1.82) is 0 Å². The summed E-state index contributed by atoms with van der Waals surface area (Å²) < 4.78 is 8.60. The van der Waals surface area contributed by atoms with Crippen LogP contribution in [0.25, 0.3) is 0 Å². The van der Waals surface area contributed by atoms with Crippen LogP contribution < -0.4 is 4.74 Å². The quantitative estimate of drug-likeness (QED) is 0.230. The van der Waals surface area contributed by atoms with Crippen molar-refractivity contribution in [2.24, 2.45) is 5.92 Å². The summed E-state index contributed by atoms with van der Waals surface area (Å²) in [5.41, 5.74) is 3.99. The molecule has 1 heterocycles. The predicted molar refractivity (Wildman–Crippen MR) is 143 cm³/mol. The minimum atomic E-state index is -0.528. The van der Waals surface area contributed by atoms with Crippen LogP contribution in [0.15, 0.2) is 48.7 Å². The van der Waals surface area contributed by atoms with Gasteiger partial charge in [0.05, 0.1) is 35.6 Å². The molecule has 0 fully saturated rings. The minimum absolute atomic E-state index is 0.149. The van der Waals surface area contributed by atoms with Gasteiger partial charge in [0, 0.05) is 17.2 Å². The first-order valence-corrected chi connectivity index (χ1v) is 13.1. The molecule has 8 heteroatoms. The molecule has 6 nitrogen and oxygen atoms in total. The lowest BCUT2D eigenvalue weighted by atomic mass is 9.78. The van der Waals surface area contributed by atoms with Crippen LogP contribution in [-0.2, 0) is 25.0 Å². The van der Waals surface area contributed by atoms with E-state index in [1.807, 2.05) is 6.07 Å². The molecule has 0 spiro atoms. The molecule has 0 aliphatic rings. The van der Waals surface area contributed by atoms with Crippen molar-refractivity contribution < 1.29 is 14.9 Å². The lowest BCUT2D eigenvalue weighted by Crippen LogP contribution is -2.19. The number of ether oxygens (including phenoxy) is 1. The first-order chi connectivity index (χ1) is 16.2. The maximum atomic E-state index is 10.3. The molecule has 3 aromatic rings. The summed E-state index contributed by atoms with van der Waals surface area (Å²) in [7, 11) is 0. The van der Waals surface area contributed by atoms with E-state index in [-0.39, 0.29) is 12.0 Å². The van der Waals surface area contributed by atoms with Crippen molar-refractivity contribution in [2.75, 3.05) is 12.5 Å². The van der Waals surface area contributed by atoms with Crippen LogP contribution in [0.2, 0.25) is 0 Å². The Morgan fingerprint density at radius 1 is 1.15 bits per heavy atom. The van der Waals surface area contributed by atoms with Gasteiger partial charge in [0.1, 0.15) is 11.4 Å².